The number of methoxy groups -OCH3 is 2. The minimum Gasteiger partial charge on any atom is -0.493 e. The molecule has 2 aromatic rings. The molecule has 1 unspecified atom stereocenters. The summed E-state index contributed by atoms with van der Waals surface area (Å²) in [5, 5.41) is 3.51. The Hall–Kier alpha value is -1.52. The highest BCUT2D eigenvalue weighted by molar-refractivity contribution is 9.10. The molecule has 2 aromatic carbocycles. The predicted molar refractivity (Wildman–Crippen MR) is 88.9 cm³/mol. The molecule has 0 heterocycles. The van der Waals surface area contributed by atoms with E-state index in [2.05, 4.69) is 40.3 Å². The van der Waals surface area contributed by atoms with Crippen molar-refractivity contribution in [2.24, 2.45) is 0 Å². The van der Waals surface area contributed by atoms with Crippen molar-refractivity contribution >= 4 is 15.9 Å². The van der Waals surface area contributed by atoms with Crippen LogP contribution in [0.1, 0.15) is 24.1 Å². The maximum atomic E-state index is 5.33. The first-order valence-electron chi connectivity index (χ1n) is 6.83. The fourth-order valence-corrected chi connectivity index (χ4v) is 2.57. The molecule has 112 valence electrons. The zero-order chi connectivity index (χ0) is 15.2. The normalized spacial score (nSPS) is 12.0. The highest BCUT2D eigenvalue weighted by atomic mass is 79.9. The van der Waals surface area contributed by atoms with E-state index in [-0.39, 0.29) is 6.04 Å². The fourth-order valence-electron chi connectivity index (χ4n) is 2.16. The van der Waals surface area contributed by atoms with Crippen LogP contribution in [-0.4, -0.2) is 14.2 Å². The summed E-state index contributed by atoms with van der Waals surface area (Å²) in [7, 11) is 3.30. The van der Waals surface area contributed by atoms with Crippen molar-refractivity contribution < 1.29 is 9.47 Å². The van der Waals surface area contributed by atoms with Gasteiger partial charge in [-0.1, -0.05) is 34.1 Å². The zero-order valence-corrected chi connectivity index (χ0v) is 14.1. The van der Waals surface area contributed by atoms with Gasteiger partial charge in [-0.05, 0) is 42.3 Å². The number of rotatable bonds is 6. The van der Waals surface area contributed by atoms with Crippen LogP contribution in [0.4, 0.5) is 0 Å². The third-order valence-electron chi connectivity index (χ3n) is 3.41. The van der Waals surface area contributed by atoms with Crippen molar-refractivity contribution in [3.8, 4) is 11.5 Å². The Morgan fingerprint density at radius 1 is 1.05 bits per heavy atom. The summed E-state index contributed by atoms with van der Waals surface area (Å²) in [5.74, 6) is 1.51. The number of halogens is 1. The number of ether oxygens (including phenoxy) is 2. The first-order chi connectivity index (χ1) is 10.1. The first-order valence-corrected chi connectivity index (χ1v) is 7.63. The number of nitrogens with one attached hydrogen (secondary N) is 1. The maximum absolute atomic E-state index is 5.33. The van der Waals surface area contributed by atoms with Gasteiger partial charge in [0, 0.05) is 17.1 Å². The van der Waals surface area contributed by atoms with Crippen LogP contribution in [0, 0.1) is 0 Å². The largest absolute Gasteiger partial charge is 0.493 e. The summed E-state index contributed by atoms with van der Waals surface area (Å²) in [5.41, 5.74) is 2.42. The van der Waals surface area contributed by atoms with Gasteiger partial charge in [-0.25, -0.2) is 0 Å². The van der Waals surface area contributed by atoms with Crippen molar-refractivity contribution in [3.05, 3.63) is 58.1 Å². The van der Waals surface area contributed by atoms with Gasteiger partial charge in [0.15, 0.2) is 11.5 Å². The summed E-state index contributed by atoms with van der Waals surface area (Å²) >= 11 is 3.50. The summed E-state index contributed by atoms with van der Waals surface area (Å²) < 4.78 is 11.7. The summed E-state index contributed by atoms with van der Waals surface area (Å²) in [4.78, 5) is 0. The lowest BCUT2D eigenvalue weighted by Gasteiger charge is -2.15. The second-order valence-electron chi connectivity index (χ2n) is 4.85. The highest BCUT2D eigenvalue weighted by Gasteiger charge is 2.07. The van der Waals surface area contributed by atoms with Gasteiger partial charge >= 0.3 is 0 Å². The lowest BCUT2D eigenvalue weighted by Crippen LogP contribution is -2.18. The van der Waals surface area contributed by atoms with E-state index < -0.39 is 0 Å². The van der Waals surface area contributed by atoms with Gasteiger partial charge in [0.05, 0.1) is 14.2 Å². The molecule has 1 atom stereocenters. The van der Waals surface area contributed by atoms with Crippen LogP contribution in [0.3, 0.4) is 0 Å². The third kappa shape index (κ3) is 4.22. The predicted octanol–water partition coefficient (Wildman–Crippen LogP) is 4.32. The molecular weight excluding hydrogens is 330 g/mol. The Morgan fingerprint density at radius 2 is 1.81 bits per heavy atom. The zero-order valence-electron chi connectivity index (χ0n) is 12.5. The molecule has 2 rings (SSSR count). The van der Waals surface area contributed by atoms with E-state index in [0.29, 0.717) is 0 Å². The van der Waals surface area contributed by atoms with E-state index in [1.807, 2.05) is 30.3 Å². The van der Waals surface area contributed by atoms with Crippen LogP contribution in [-0.2, 0) is 6.54 Å². The first kappa shape index (κ1) is 15.9. The highest BCUT2D eigenvalue weighted by Crippen LogP contribution is 2.27. The van der Waals surface area contributed by atoms with Gasteiger partial charge in [0.25, 0.3) is 0 Å². The topological polar surface area (TPSA) is 30.5 Å². The Kier molecular flexibility index (Phi) is 5.65. The van der Waals surface area contributed by atoms with Crippen molar-refractivity contribution in [3.63, 3.8) is 0 Å². The molecule has 0 aliphatic rings. The van der Waals surface area contributed by atoms with E-state index in [1.54, 1.807) is 14.2 Å². The molecule has 0 spiro atoms. The van der Waals surface area contributed by atoms with E-state index in [0.717, 1.165) is 28.1 Å². The SMILES string of the molecule is COc1ccc(CNC(C)c2cccc(Br)c2)cc1OC. The quantitative estimate of drug-likeness (QED) is 0.842. The molecule has 4 heteroatoms. The third-order valence-corrected chi connectivity index (χ3v) is 3.90. The Morgan fingerprint density at radius 3 is 2.48 bits per heavy atom. The average molecular weight is 350 g/mol. The second kappa shape index (κ2) is 7.48. The van der Waals surface area contributed by atoms with Gasteiger partial charge in [-0.2, -0.15) is 0 Å². The molecular formula is C17H20BrNO2. The standard InChI is InChI=1S/C17H20BrNO2/c1-12(14-5-4-6-15(18)10-14)19-11-13-7-8-16(20-2)17(9-13)21-3/h4-10,12,19H,11H2,1-3H3. The van der Waals surface area contributed by atoms with Crippen molar-refractivity contribution in [2.75, 3.05) is 14.2 Å². The van der Waals surface area contributed by atoms with Gasteiger partial charge < -0.3 is 14.8 Å². The molecule has 0 radical (unpaired) electrons. The monoisotopic (exact) mass is 349 g/mol. The van der Waals surface area contributed by atoms with Gasteiger partial charge in [0.2, 0.25) is 0 Å². The van der Waals surface area contributed by atoms with E-state index in [4.69, 9.17) is 9.47 Å². The van der Waals surface area contributed by atoms with Crippen LogP contribution in [0.15, 0.2) is 46.9 Å². The van der Waals surface area contributed by atoms with Crippen LogP contribution in [0.2, 0.25) is 0 Å². The summed E-state index contributed by atoms with van der Waals surface area (Å²) in [6.07, 6.45) is 0. The maximum Gasteiger partial charge on any atom is 0.161 e. The number of hydrogen-bond donors (Lipinski definition) is 1. The number of hydrogen-bond acceptors (Lipinski definition) is 3. The Balaban J connectivity index is 2.02. The van der Waals surface area contributed by atoms with E-state index in [9.17, 15) is 0 Å². The second-order valence-corrected chi connectivity index (χ2v) is 5.76. The molecule has 0 aliphatic carbocycles. The molecule has 0 fully saturated rings. The van der Waals surface area contributed by atoms with Crippen LogP contribution >= 0.6 is 15.9 Å². The van der Waals surface area contributed by atoms with Crippen LogP contribution in [0.25, 0.3) is 0 Å². The molecule has 0 bridgehead atoms. The van der Waals surface area contributed by atoms with Crippen LogP contribution < -0.4 is 14.8 Å². The van der Waals surface area contributed by atoms with Crippen molar-refractivity contribution in [1.82, 2.24) is 5.32 Å². The van der Waals surface area contributed by atoms with Gasteiger partial charge in [0.1, 0.15) is 0 Å². The fraction of sp³-hybridized carbons (Fsp3) is 0.294. The Bertz CT molecular complexity index is 601. The molecule has 0 aliphatic heterocycles. The van der Waals surface area contributed by atoms with Crippen LogP contribution in [0.5, 0.6) is 11.5 Å². The molecule has 21 heavy (non-hydrogen) atoms. The van der Waals surface area contributed by atoms with E-state index >= 15 is 0 Å². The summed E-state index contributed by atoms with van der Waals surface area (Å²) in [6.45, 7) is 2.93. The minimum absolute atomic E-state index is 0.274. The van der Waals surface area contributed by atoms with Crippen molar-refractivity contribution in [2.45, 2.75) is 19.5 Å². The molecule has 0 amide bonds. The van der Waals surface area contributed by atoms with Gasteiger partial charge in [-0.15, -0.1) is 0 Å². The number of benzene rings is 2. The van der Waals surface area contributed by atoms with E-state index in [1.165, 1.54) is 5.56 Å². The lowest BCUT2D eigenvalue weighted by molar-refractivity contribution is 0.354. The molecule has 3 nitrogen and oxygen atoms in total. The molecule has 1 N–H and O–H groups in total. The smallest absolute Gasteiger partial charge is 0.161 e. The Labute approximate surface area is 134 Å². The minimum atomic E-state index is 0.274. The average Bonchev–Trinajstić information content (AvgIpc) is 2.52. The lowest BCUT2D eigenvalue weighted by atomic mass is 10.1. The molecule has 0 saturated carbocycles. The summed E-state index contributed by atoms with van der Waals surface area (Å²) in [6, 6.07) is 14.6. The van der Waals surface area contributed by atoms with Gasteiger partial charge in [-0.3, -0.25) is 0 Å². The molecule has 0 aromatic heterocycles. The molecule has 0 saturated heterocycles. The van der Waals surface area contributed by atoms with Crippen molar-refractivity contribution in [1.29, 1.82) is 0 Å².